The van der Waals surface area contributed by atoms with Gasteiger partial charge < -0.3 is 10.2 Å². The number of rotatable bonds is 3. The third-order valence-corrected chi connectivity index (χ3v) is 5.21. The lowest BCUT2D eigenvalue weighted by Gasteiger charge is -2.28. The molecule has 28 heavy (non-hydrogen) atoms. The predicted octanol–water partition coefficient (Wildman–Crippen LogP) is 3.55. The summed E-state index contributed by atoms with van der Waals surface area (Å²) < 4.78 is 2.09. The normalized spacial score (nSPS) is 14.5. The van der Waals surface area contributed by atoms with Gasteiger partial charge in [0.2, 0.25) is 0 Å². The third-order valence-electron chi connectivity index (χ3n) is 4.95. The van der Waals surface area contributed by atoms with Crippen LogP contribution in [-0.2, 0) is 0 Å². The molecular formula is C21H19ClN6. The zero-order chi connectivity index (χ0) is 18.9. The van der Waals surface area contributed by atoms with Crippen LogP contribution in [0.25, 0.3) is 28.2 Å². The number of nitrogens with zero attached hydrogens (tertiary/aromatic N) is 5. The summed E-state index contributed by atoms with van der Waals surface area (Å²) in [4.78, 5) is 16.3. The van der Waals surface area contributed by atoms with Gasteiger partial charge in [-0.05, 0) is 48.5 Å². The topological polar surface area (TPSA) is 58.9 Å². The highest BCUT2D eigenvalue weighted by Crippen LogP contribution is 2.29. The fourth-order valence-corrected chi connectivity index (χ4v) is 3.67. The quantitative estimate of drug-likeness (QED) is 0.579. The average molecular weight is 391 g/mol. The molecule has 7 heteroatoms. The highest BCUT2D eigenvalue weighted by atomic mass is 35.5. The van der Waals surface area contributed by atoms with Gasteiger partial charge in [0, 0.05) is 49.2 Å². The monoisotopic (exact) mass is 390 g/mol. The molecule has 1 fully saturated rings. The van der Waals surface area contributed by atoms with Gasteiger partial charge in [-0.2, -0.15) is 0 Å². The van der Waals surface area contributed by atoms with Crippen molar-refractivity contribution in [3.63, 3.8) is 0 Å². The van der Waals surface area contributed by atoms with Crippen LogP contribution in [0.2, 0.25) is 5.02 Å². The number of halogens is 1. The summed E-state index contributed by atoms with van der Waals surface area (Å²) in [6.45, 7) is 3.84. The van der Waals surface area contributed by atoms with Crippen molar-refractivity contribution in [2.75, 3.05) is 31.1 Å². The summed E-state index contributed by atoms with van der Waals surface area (Å²) in [5.41, 5.74) is 3.67. The first-order valence-electron chi connectivity index (χ1n) is 9.31. The molecule has 6 nitrogen and oxygen atoms in total. The largest absolute Gasteiger partial charge is 0.354 e. The van der Waals surface area contributed by atoms with Gasteiger partial charge in [0.05, 0.1) is 5.69 Å². The molecule has 1 saturated heterocycles. The van der Waals surface area contributed by atoms with Crippen LogP contribution in [0.15, 0.2) is 60.9 Å². The first-order chi connectivity index (χ1) is 13.8. The van der Waals surface area contributed by atoms with Crippen LogP contribution in [0.5, 0.6) is 0 Å². The molecular weight excluding hydrogens is 372 g/mol. The summed E-state index contributed by atoms with van der Waals surface area (Å²) in [5, 5.41) is 4.09. The molecule has 1 aliphatic rings. The number of pyridine rings is 2. The number of benzene rings is 1. The second kappa shape index (κ2) is 7.22. The molecule has 0 spiro atoms. The van der Waals surface area contributed by atoms with Crippen molar-refractivity contribution in [2.45, 2.75) is 0 Å². The Morgan fingerprint density at radius 3 is 2.36 bits per heavy atom. The maximum absolute atomic E-state index is 6.08. The second-order valence-corrected chi connectivity index (χ2v) is 7.17. The van der Waals surface area contributed by atoms with E-state index in [0.29, 0.717) is 5.02 Å². The Labute approximate surface area is 167 Å². The molecule has 0 atom stereocenters. The first-order valence-corrected chi connectivity index (χ1v) is 9.69. The van der Waals surface area contributed by atoms with Crippen LogP contribution in [0, 0.1) is 0 Å². The van der Waals surface area contributed by atoms with Crippen molar-refractivity contribution < 1.29 is 0 Å². The smallest absolute Gasteiger partial charge is 0.167 e. The zero-order valence-electron chi connectivity index (χ0n) is 15.2. The van der Waals surface area contributed by atoms with Gasteiger partial charge in [0.1, 0.15) is 17.2 Å². The Bertz CT molecular complexity index is 1100. The molecule has 140 valence electrons. The van der Waals surface area contributed by atoms with E-state index in [4.69, 9.17) is 21.6 Å². The number of anilines is 1. The standard InChI is InChI=1S/C21H19ClN6/c22-16-3-1-15(2-4-16)20-25-18-5-6-19(27-13-11-24-12-14-27)26-21(18)28(20)17-7-9-23-10-8-17/h1-10,24H,11-14H2. The van der Waals surface area contributed by atoms with E-state index in [-0.39, 0.29) is 0 Å². The number of hydrogen-bond acceptors (Lipinski definition) is 5. The maximum atomic E-state index is 6.08. The highest BCUT2D eigenvalue weighted by Gasteiger charge is 2.18. The summed E-state index contributed by atoms with van der Waals surface area (Å²) in [5.74, 6) is 1.81. The minimum atomic E-state index is 0.703. The number of imidazole rings is 1. The Hall–Kier alpha value is -2.96. The van der Waals surface area contributed by atoms with Crippen molar-refractivity contribution >= 4 is 28.6 Å². The molecule has 4 aromatic rings. The molecule has 0 saturated carbocycles. The van der Waals surface area contributed by atoms with E-state index in [2.05, 4.69) is 31.9 Å². The predicted molar refractivity (Wildman–Crippen MR) is 112 cm³/mol. The molecule has 5 rings (SSSR count). The number of nitrogens with one attached hydrogen (secondary N) is 1. The minimum Gasteiger partial charge on any atom is -0.354 e. The molecule has 3 aromatic heterocycles. The molecule has 1 N–H and O–H groups in total. The molecule has 0 radical (unpaired) electrons. The van der Waals surface area contributed by atoms with Gasteiger partial charge in [-0.3, -0.25) is 9.55 Å². The van der Waals surface area contributed by atoms with E-state index in [1.165, 1.54) is 0 Å². The van der Waals surface area contributed by atoms with Gasteiger partial charge in [0.25, 0.3) is 0 Å². The molecule has 0 unspecified atom stereocenters. The fraction of sp³-hybridized carbons (Fsp3) is 0.190. The number of piperazine rings is 1. The van der Waals surface area contributed by atoms with E-state index < -0.39 is 0 Å². The van der Waals surface area contributed by atoms with E-state index >= 15 is 0 Å². The lowest BCUT2D eigenvalue weighted by atomic mass is 10.2. The number of aromatic nitrogens is 4. The Balaban J connectivity index is 1.71. The number of fused-ring (bicyclic) bond motifs is 1. The van der Waals surface area contributed by atoms with Gasteiger partial charge >= 0.3 is 0 Å². The van der Waals surface area contributed by atoms with Gasteiger partial charge in [-0.15, -0.1) is 0 Å². The van der Waals surface area contributed by atoms with Crippen molar-refractivity contribution in [1.29, 1.82) is 0 Å². The Morgan fingerprint density at radius 2 is 1.61 bits per heavy atom. The average Bonchev–Trinajstić information content (AvgIpc) is 3.14. The van der Waals surface area contributed by atoms with Crippen LogP contribution in [0.3, 0.4) is 0 Å². The summed E-state index contributed by atoms with van der Waals surface area (Å²) >= 11 is 6.08. The highest BCUT2D eigenvalue weighted by molar-refractivity contribution is 6.30. The SMILES string of the molecule is Clc1ccc(-c2nc3ccc(N4CCNCC4)nc3n2-c2ccncc2)cc1. The molecule has 4 heterocycles. The fourth-order valence-electron chi connectivity index (χ4n) is 3.55. The first kappa shape index (κ1) is 17.2. The van der Waals surface area contributed by atoms with Crippen LogP contribution in [0.4, 0.5) is 5.82 Å². The third kappa shape index (κ3) is 3.10. The Kier molecular flexibility index (Phi) is 4.43. The van der Waals surface area contributed by atoms with Crippen molar-refractivity contribution in [2.24, 2.45) is 0 Å². The van der Waals surface area contributed by atoms with Crippen molar-refractivity contribution in [3.8, 4) is 17.1 Å². The number of hydrogen-bond donors (Lipinski definition) is 1. The summed E-state index contributed by atoms with van der Waals surface area (Å²) in [6.07, 6.45) is 3.57. The summed E-state index contributed by atoms with van der Waals surface area (Å²) in [6, 6.07) is 15.8. The van der Waals surface area contributed by atoms with E-state index in [0.717, 1.165) is 60.2 Å². The zero-order valence-corrected chi connectivity index (χ0v) is 16.0. The molecule has 0 aliphatic carbocycles. The van der Waals surface area contributed by atoms with Crippen LogP contribution < -0.4 is 10.2 Å². The van der Waals surface area contributed by atoms with Gasteiger partial charge in [0.15, 0.2) is 5.65 Å². The summed E-state index contributed by atoms with van der Waals surface area (Å²) in [7, 11) is 0. The molecule has 1 aromatic carbocycles. The van der Waals surface area contributed by atoms with E-state index in [1.54, 1.807) is 12.4 Å². The molecule has 0 bridgehead atoms. The minimum absolute atomic E-state index is 0.703. The van der Waals surface area contributed by atoms with Gasteiger partial charge in [-0.1, -0.05) is 11.6 Å². The van der Waals surface area contributed by atoms with E-state index in [9.17, 15) is 0 Å². The lowest BCUT2D eigenvalue weighted by Crippen LogP contribution is -2.43. The van der Waals surface area contributed by atoms with Crippen LogP contribution in [-0.4, -0.2) is 45.7 Å². The Morgan fingerprint density at radius 1 is 0.857 bits per heavy atom. The van der Waals surface area contributed by atoms with Crippen LogP contribution >= 0.6 is 11.6 Å². The molecule has 0 amide bonds. The van der Waals surface area contributed by atoms with E-state index in [1.807, 2.05) is 36.4 Å². The van der Waals surface area contributed by atoms with Crippen LogP contribution in [0.1, 0.15) is 0 Å². The lowest BCUT2D eigenvalue weighted by molar-refractivity contribution is 0.585. The van der Waals surface area contributed by atoms with Gasteiger partial charge in [-0.25, -0.2) is 9.97 Å². The maximum Gasteiger partial charge on any atom is 0.167 e. The molecule has 1 aliphatic heterocycles. The second-order valence-electron chi connectivity index (χ2n) is 6.73. The van der Waals surface area contributed by atoms with Crippen molar-refractivity contribution in [1.82, 2.24) is 24.8 Å². The van der Waals surface area contributed by atoms with Crippen molar-refractivity contribution in [3.05, 3.63) is 65.9 Å².